The van der Waals surface area contributed by atoms with Crippen molar-refractivity contribution in [1.29, 1.82) is 0 Å². The van der Waals surface area contributed by atoms with Crippen LogP contribution in [0.2, 0.25) is 0 Å². The summed E-state index contributed by atoms with van der Waals surface area (Å²) in [6, 6.07) is 3.35. The predicted octanol–water partition coefficient (Wildman–Crippen LogP) is 2.46. The molecule has 1 rings (SSSR count). The molecule has 1 aromatic carbocycles. The molecule has 0 unspecified atom stereocenters. The third kappa shape index (κ3) is 5.62. The summed E-state index contributed by atoms with van der Waals surface area (Å²) >= 11 is 0. The molecule has 0 bridgehead atoms. The summed E-state index contributed by atoms with van der Waals surface area (Å²) in [6.45, 7) is 5.57. The van der Waals surface area contributed by atoms with Crippen LogP contribution in [0.1, 0.15) is 20.8 Å². The van der Waals surface area contributed by atoms with Crippen LogP contribution in [0.3, 0.4) is 0 Å². The zero-order valence-corrected chi connectivity index (χ0v) is 13.0. The minimum atomic E-state index is -1.01. The van der Waals surface area contributed by atoms with Gasteiger partial charge in [-0.1, -0.05) is 5.92 Å². The molecule has 0 aliphatic carbocycles. The van der Waals surface area contributed by atoms with E-state index in [1.54, 1.807) is 20.8 Å². The van der Waals surface area contributed by atoms with E-state index in [9.17, 15) is 14.3 Å². The molecule has 22 heavy (non-hydrogen) atoms. The van der Waals surface area contributed by atoms with E-state index in [4.69, 9.17) is 11.2 Å². The highest BCUT2D eigenvalue weighted by Crippen LogP contribution is 2.26. The summed E-state index contributed by atoms with van der Waals surface area (Å²) < 4.78 is 18.5. The van der Waals surface area contributed by atoms with Crippen molar-refractivity contribution in [2.75, 3.05) is 25.0 Å². The molecular formula is C16H21FN2O3. The van der Waals surface area contributed by atoms with E-state index in [0.29, 0.717) is 12.2 Å². The predicted molar refractivity (Wildman–Crippen MR) is 83.3 cm³/mol. The van der Waals surface area contributed by atoms with Crippen LogP contribution in [0.25, 0.3) is 0 Å². The van der Waals surface area contributed by atoms with Gasteiger partial charge in [0.2, 0.25) is 0 Å². The SMILES string of the molecule is C#CCOc1cc(F)ccc1NC(=O)N(CC)CC(C)(C)O. The number of carbonyl (C=O) groups is 1. The lowest BCUT2D eigenvalue weighted by atomic mass is 10.1. The molecule has 1 aromatic rings. The molecule has 0 saturated heterocycles. The maximum Gasteiger partial charge on any atom is 0.322 e. The Morgan fingerprint density at radius 3 is 2.77 bits per heavy atom. The summed E-state index contributed by atoms with van der Waals surface area (Å²) in [5.74, 6) is 1.95. The van der Waals surface area contributed by atoms with Crippen molar-refractivity contribution in [3.8, 4) is 18.1 Å². The van der Waals surface area contributed by atoms with Crippen molar-refractivity contribution in [1.82, 2.24) is 4.90 Å². The molecule has 5 nitrogen and oxygen atoms in total. The number of ether oxygens (including phenoxy) is 1. The topological polar surface area (TPSA) is 61.8 Å². The van der Waals surface area contributed by atoms with Gasteiger partial charge in [-0.3, -0.25) is 0 Å². The van der Waals surface area contributed by atoms with Crippen molar-refractivity contribution in [3.63, 3.8) is 0 Å². The molecule has 2 amide bonds. The summed E-state index contributed by atoms with van der Waals surface area (Å²) in [5.41, 5.74) is -0.699. The molecule has 0 aromatic heterocycles. The average Bonchev–Trinajstić information content (AvgIpc) is 2.43. The Balaban J connectivity index is 2.88. The number of aliphatic hydroxyl groups is 1. The monoisotopic (exact) mass is 308 g/mol. The van der Waals surface area contributed by atoms with Gasteiger partial charge in [0.15, 0.2) is 0 Å². The van der Waals surface area contributed by atoms with E-state index < -0.39 is 17.4 Å². The molecular weight excluding hydrogens is 287 g/mol. The average molecular weight is 308 g/mol. The fraction of sp³-hybridized carbons (Fsp3) is 0.438. The number of halogens is 1. The molecule has 120 valence electrons. The minimum Gasteiger partial charge on any atom is -0.479 e. The molecule has 0 spiro atoms. The number of hydrogen-bond donors (Lipinski definition) is 2. The second kappa shape index (κ2) is 7.66. The highest BCUT2D eigenvalue weighted by molar-refractivity contribution is 5.91. The van der Waals surface area contributed by atoms with Gasteiger partial charge in [-0.15, -0.1) is 6.42 Å². The lowest BCUT2D eigenvalue weighted by Crippen LogP contribution is -2.44. The minimum absolute atomic E-state index is 0.0342. The van der Waals surface area contributed by atoms with Crippen LogP contribution < -0.4 is 10.1 Å². The standard InChI is InChI=1S/C16H21FN2O3/c1-5-9-22-14-10-12(17)7-8-13(14)18-15(20)19(6-2)11-16(3,4)21/h1,7-8,10,21H,6,9,11H2,2-4H3,(H,18,20). The van der Waals surface area contributed by atoms with Gasteiger partial charge in [0, 0.05) is 12.6 Å². The van der Waals surface area contributed by atoms with E-state index in [2.05, 4.69) is 11.2 Å². The molecule has 2 N–H and O–H groups in total. The Hall–Kier alpha value is -2.26. The Morgan fingerprint density at radius 2 is 2.23 bits per heavy atom. The number of likely N-dealkylation sites (N-methyl/N-ethyl adjacent to an activating group) is 1. The maximum atomic E-state index is 13.3. The first-order chi connectivity index (χ1) is 10.3. The lowest BCUT2D eigenvalue weighted by Gasteiger charge is -2.28. The van der Waals surface area contributed by atoms with Gasteiger partial charge in [0.1, 0.15) is 18.2 Å². The van der Waals surface area contributed by atoms with Crippen molar-refractivity contribution < 1.29 is 19.0 Å². The Morgan fingerprint density at radius 1 is 1.55 bits per heavy atom. The Labute approximate surface area is 130 Å². The van der Waals surface area contributed by atoms with Gasteiger partial charge in [0.25, 0.3) is 0 Å². The van der Waals surface area contributed by atoms with Gasteiger partial charge in [-0.05, 0) is 32.9 Å². The fourth-order valence-corrected chi connectivity index (χ4v) is 1.83. The Kier molecular flexibility index (Phi) is 6.20. The quantitative estimate of drug-likeness (QED) is 0.794. The van der Waals surface area contributed by atoms with Crippen molar-refractivity contribution in [2.45, 2.75) is 26.4 Å². The van der Waals surface area contributed by atoms with E-state index in [1.807, 2.05) is 0 Å². The van der Waals surface area contributed by atoms with Crippen molar-refractivity contribution in [3.05, 3.63) is 24.0 Å². The number of amides is 2. The second-order valence-corrected chi connectivity index (χ2v) is 5.39. The number of benzene rings is 1. The number of nitrogens with one attached hydrogen (secondary N) is 1. The van der Waals surface area contributed by atoms with Crippen LogP contribution in [0, 0.1) is 18.2 Å². The third-order valence-electron chi connectivity index (χ3n) is 2.74. The van der Waals surface area contributed by atoms with Crippen molar-refractivity contribution >= 4 is 11.7 Å². The van der Waals surface area contributed by atoms with Crippen molar-refractivity contribution in [2.24, 2.45) is 0 Å². The van der Waals surface area contributed by atoms with Crippen LogP contribution in [-0.4, -0.2) is 41.3 Å². The number of terminal acetylenes is 1. The number of hydrogen-bond acceptors (Lipinski definition) is 3. The van der Waals surface area contributed by atoms with E-state index in [-0.39, 0.29) is 18.9 Å². The van der Waals surface area contributed by atoms with Crippen LogP contribution in [0.4, 0.5) is 14.9 Å². The summed E-state index contributed by atoms with van der Waals surface area (Å²) in [4.78, 5) is 13.7. The highest BCUT2D eigenvalue weighted by atomic mass is 19.1. The molecule has 0 radical (unpaired) electrons. The summed E-state index contributed by atoms with van der Waals surface area (Å²) in [5, 5.41) is 12.5. The second-order valence-electron chi connectivity index (χ2n) is 5.39. The molecule has 0 aliphatic heterocycles. The largest absolute Gasteiger partial charge is 0.479 e. The fourth-order valence-electron chi connectivity index (χ4n) is 1.83. The summed E-state index contributed by atoms with van der Waals surface area (Å²) in [6.07, 6.45) is 5.11. The lowest BCUT2D eigenvalue weighted by molar-refractivity contribution is 0.0501. The first-order valence-electron chi connectivity index (χ1n) is 6.91. The summed E-state index contributed by atoms with van der Waals surface area (Å²) in [7, 11) is 0. The van der Waals surface area contributed by atoms with Crippen LogP contribution >= 0.6 is 0 Å². The first kappa shape index (κ1) is 17.8. The van der Waals surface area contributed by atoms with Crippen LogP contribution in [-0.2, 0) is 0 Å². The number of nitrogens with zero attached hydrogens (tertiary/aromatic N) is 1. The molecule has 0 fully saturated rings. The highest BCUT2D eigenvalue weighted by Gasteiger charge is 2.22. The van der Waals surface area contributed by atoms with Crippen LogP contribution in [0.15, 0.2) is 18.2 Å². The van der Waals surface area contributed by atoms with Gasteiger partial charge >= 0.3 is 6.03 Å². The van der Waals surface area contributed by atoms with Gasteiger partial charge < -0.3 is 20.1 Å². The number of urea groups is 1. The first-order valence-corrected chi connectivity index (χ1v) is 6.91. The van der Waals surface area contributed by atoms with E-state index in [1.165, 1.54) is 17.0 Å². The van der Waals surface area contributed by atoms with Gasteiger partial charge in [-0.25, -0.2) is 9.18 Å². The third-order valence-corrected chi connectivity index (χ3v) is 2.74. The van der Waals surface area contributed by atoms with E-state index >= 15 is 0 Å². The molecule has 0 heterocycles. The number of anilines is 1. The van der Waals surface area contributed by atoms with Gasteiger partial charge in [0.05, 0.1) is 17.8 Å². The van der Waals surface area contributed by atoms with Crippen LogP contribution in [0.5, 0.6) is 5.75 Å². The zero-order valence-electron chi connectivity index (χ0n) is 13.0. The molecule has 0 atom stereocenters. The zero-order chi connectivity index (χ0) is 16.8. The maximum absolute atomic E-state index is 13.3. The normalized spacial score (nSPS) is 10.7. The number of rotatable bonds is 6. The number of carbonyl (C=O) groups excluding carboxylic acids is 1. The Bertz CT molecular complexity index is 561. The molecule has 0 aliphatic rings. The smallest absolute Gasteiger partial charge is 0.322 e. The molecule has 6 heteroatoms. The molecule has 0 saturated carbocycles. The van der Waals surface area contributed by atoms with Gasteiger partial charge in [-0.2, -0.15) is 0 Å². The van der Waals surface area contributed by atoms with E-state index in [0.717, 1.165) is 6.07 Å².